The van der Waals surface area contributed by atoms with Gasteiger partial charge < -0.3 is 10.4 Å². The number of rotatable bonds is 6. The van der Waals surface area contributed by atoms with Crippen LogP contribution in [0.1, 0.15) is 23.6 Å². The molecule has 0 radical (unpaired) electrons. The molecule has 0 aromatic heterocycles. The van der Waals surface area contributed by atoms with Crippen LogP contribution in [0.2, 0.25) is 0 Å². The van der Waals surface area contributed by atoms with Crippen molar-refractivity contribution >= 4 is 15.5 Å². The number of sulfone groups is 1. The summed E-state index contributed by atoms with van der Waals surface area (Å²) in [5.41, 5.74) is 3.21. The van der Waals surface area contributed by atoms with Gasteiger partial charge >= 0.3 is 0 Å². The highest BCUT2D eigenvalue weighted by molar-refractivity contribution is 7.89. The Morgan fingerprint density at radius 1 is 1.00 bits per heavy atom. The number of anilines is 1. The third-order valence-corrected chi connectivity index (χ3v) is 4.32. The monoisotopic (exact) mass is 319 g/mol. The maximum absolute atomic E-state index is 11.5. The van der Waals surface area contributed by atoms with E-state index in [1.165, 1.54) is 6.26 Å². The molecule has 2 aromatic rings. The van der Waals surface area contributed by atoms with Crippen molar-refractivity contribution in [3.05, 3.63) is 59.2 Å². The first-order valence-corrected chi connectivity index (χ1v) is 9.26. The molecule has 2 N–H and O–H groups in total. The lowest BCUT2D eigenvalue weighted by Crippen LogP contribution is -2.07. The normalized spacial score (nSPS) is 11.4. The topological polar surface area (TPSA) is 66.4 Å². The van der Waals surface area contributed by atoms with Crippen LogP contribution in [0.15, 0.2) is 42.5 Å². The van der Waals surface area contributed by atoms with Crippen LogP contribution in [-0.2, 0) is 28.6 Å². The van der Waals surface area contributed by atoms with E-state index in [2.05, 4.69) is 5.32 Å². The number of aromatic hydroxyl groups is 1. The standard InChI is InChI=1S/C17H21NO3S/c1-3-13-8-6-9-14(17(13)19)11-18-16-10-5-4-7-15(16)12-22(2,20)21/h4-10,18-19H,3,11-12H2,1-2H3. The second-order valence-electron chi connectivity index (χ2n) is 5.36. The largest absolute Gasteiger partial charge is 0.507 e. The molecule has 2 aromatic carbocycles. The van der Waals surface area contributed by atoms with Crippen molar-refractivity contribution in [2.24, 2.45) is 0 Å². The van der Waals surface area contributed by atoms with Gasteiger partial charge in [-0.05, 0) is 23.6 Å². The fraction of sp³-hybridized carbons (Fsp3) is 0.294. The van der Waals surface area contributed by atoms with Gasteiger partial charge in [-0.1, -0.05) is 43.3 Å². The minimum atomic E-state index is -3.09. The average molecular weight is 319 g/mol. The minimum absolute atomic E-state index is 0.00282. The predicted octanol–water partition coefficient (Wildman–Crippen LogP) is 3.11. The van der Waals surface area contributed by atoms with Crippen molar-refractivity contribution < 1.29 is 13.5 Å². The molecule has 0 aliphatic heterocycles. The van der Waals surface area contributed by atoms with E-state index in [1.807, 2.05) is 43.3 Å². The zero-order chi connectivity index (χ0) is 16.2. The quantitative estimate of drug-likeness (QED) is 0.858. The second kappa shape index (κ2) is 6.83. The fourth-order valence-electron chi connectivity index (χ4n) is 2.36. The van der Waals surface area contributed by atoms with Gasteiger partial charge in [0.15, 0.2) is 9.84 Å². The van der Waals surface area contributed by atoms with E-state index in [-0.39, 0.29) is 5.75 Å². The smallest absolute Gasteiger partial charge is 0.151 e. The molecule has 4 nitrogen and oxygen atoms in total. The number of para-hydroxylation sites is 2. The van der Waals surface area contributed by atoms with Gasteiger partial charge in [0.05, 0.1) is 5.75 Å². The first-order valence-electron chi connectivity index (χ1n) is 7.20. The molecule has 0 spiro atoms. The summed E-state index contributed by atoms with van der Waals surface area (Å²) in [4.78, 5) is 0. The summed E-state index contributed by atoms with van der Waals surface area (Å²) in [6.45, 7) is 2.44. The van der Waals surface area contributed by atoms with Gasteiger partial charge in [0.1, 0.15) is 5.75 Å². The van der Waals surface area contributed by atoms with Crippen LogP contribution in [0, 0.1) is 0 Å². The van der Waals surface area contributed by atoms with Gasteiger partial charge in [0, 0.05) is 24.1 Å². The van der Waals surface area contributed by atoms with Gasteiger partial charge in [-0.15, -0.1) is 0 Å². The van der Waals surface area contributed by atoms with Crippen LogP contribution in [0.5, 0.6) is 5.75 Å². The SMILES string of the molecule is CCc1cccc(CNc2ccccc2CS(C)(=O)=O)c1O. The molecule has 0 unspecified atom stereocenters. The molecule has 5 heteroatoms. The molecule has 22 heavy (non-hydrogen) atoms. The Hall–Kier alpha value is -2.01. The van der Waals surface area contributed by atoms with E-state index >= 15 is 0 Å². The molecular weight excluding hydrogens is 298 g/mol. The second-order valence-corrected chi connectivity index (χ2v) is 7.50. The summed E-state index contributed by atoms with van der Waals surface area (Å²) in [6, 6.07) is 13.0. The molecule has 0 saturated carbocycles. The zero-order valence-electron chi connectivity index (χ0n) is 12.8. The van der Waals surface area contributed by atoms with Crippen molar-refractivity contribution in [1.82, 2.24) is 0 Å². The number of benzene rings is 2. The Bertz CT molecular complexity index is 754. The number of hydrogen-bond donors (Lipinski definition) is 2. The highest BCUT2D eigenvalue weighted by atomic mass is 32.2. The average Bonchev–Trinajstić information content (AvgIpc) is 2.46. The zero-order valence-corrected chi connectivity index (χ0v) is 13.7. The summed E-state index contributed by atoms with van der Waals surface area (Å²) < 4.78 is 23.0. The van der Waals surface area contributed by atoms with E-state index in [1.54, 1.807) is 6.07 Å². The van der Waals surface area contributed by atoms with Crippen molar-refractivity contribution in [1.29, 1.82) is 0 Å². The number of hydrogen-bond acceptors (Lipinski definition) is 4. The Morgan fingerprint density at radius 3 is 2.32 bits per heavy atom. The Labute approximate surface area is 131 Å². The third kappa shape index (κ3) is 4.24. The lowest BCUT2D eigenvalue weighted by atomic mass is 10.1. The van der Waals surface area contributed by atoms with E-state index in [0.717, 1.165) is 28.8 Å². The highest BCUT2D eigenvalue weighted by Crippen LogP contribution is 2.25. The molecule has 0 saturated heterocycles. The fourth-order valence-corrected chi connectivity index (χ4v) is 3.18. The van der Waals surface area contributed by atoms with Gasteiger partial charge in [0.25, 0.3) is 0 Å². The van der Waals surface area contributed by atoms with Crippen molar-refractivity contribution in [3.8, 4) is 5.75 Å². The molecular formula is C17H21NO3S. The number of nitrogens with one attached hydrogen (secondary N) is 1. The number of phenols is 1. The van der Waals surface area contributed by atoms with E-state index in [0.29, 0.717) is 12.3 Å². The lowest BCUT2D eigenvalue weighted by molar-refractivity contribution is 0.462. The van der Waals surface area contributed by atoms with Crippen LogP contribution in [0.25, 0.3) is 0 Å². The van der Waals surface area contributed by atoms with Gasteiger partial charge in [-0.2, -0.15) is 0 Å². The lowest BCUT2D eigenvalue weighted by Gasteiger charge is -2.13. The predicted molar refractivity (Wildman–Crippen MR) is 89.8 cm³/mol. The molecule has 0 amide bonds. The Morgan fingerprint density at radius 2 is 1.64 bits per heavy atom. The molecule has 0 aliphatic rings. The number of phenolic OH excluding ortho intramolecular Hbond substituents is 1. The summed E-state index contributed by atoms with van der Waals surface area (Å²) in [5, 5.41) is 13.4. The van der Waals surface area contributed by atoms with E-state index in [4.69, 9.17) is 0 Å². The molecule has 0 aliphatic carbocycles. The van der Waals surface area contributed by atoms with Crippen LogP contribution >= 0.6 is 0 Å². The molecule has 118 valence electrons. The van der Waals surface area contributed by atoms with Crippen molar-refractivity contribution in [2.75, 3.05) is 11.6 Å². The minimum Gasteiger partial charge on any atom is -0.507 e. The Balaban J connectivity index is 2.19. The van der Waals surface area contributed by atoms with Gasteiger partial charge in [-0.25, -0.2) is 8.42 Å². The molecule has 0 heterocycles. The van der Waals surface area contributed by atoms with Crippen molar-refractivity contribution in [2.45, 2.75) is 25.6 Å². The maximum Gasteiger partial charge on any atom is 0.151 e. The highest BCUT2D eigenvalue weighted by Gasteiger charge is 2.10. The number of aryl methyl sites for hydroxylation is 1. The summed E-state index contributed by atoms with van der Waals surface area (Å²) in [6.07, 6.45) is 1.99. The van der Waals surface area contributed by atoms with Crippen LogP contribution in [0.3, 0.4) is 0 Å². The first kappa shape index (κ1) is 16.4. The Kier molecular flexibility index (Phi) is 5.08. The van der Waals surface area contributed by atoms with Gasteiger partial charge in [0.2, 0.25) is 0 Å². The molecule has 0 fully saturated rings. The van der Waals surface area contributed by atoms with Gasteiger partial charge in [-0.3, -0.25) is 0 Å². The molecule has 0 bridgehead atoms. The first-order chi connectivity index (χ1) is 10.4. The van der Waals surface area contributed by atoms with E-state index < -0.39 is 9.84 Å². The maximum atomic E-state index is 11.5. The summed E-state index contributed by atoms with van der Waals surface area (Å²) in [7, 11) is -3.09. The van der Waals surface area contributed by atoms with Crippen LogP contribution in [0.4, 0.5) is 5.69 Å². The van der Waals surface area contributed by atoms with Crippen LogP contribution < -0.4 is 5.32 Å². The van der Waals surface area contributed by atoms with Crippen LogP contribution in [-0.4, -0.2) is 19.8 Å². The summed E-state index contributed by atoms with van der Waals surface area (Å²) in [5.74, 6) is 0.301. The van der Waals surface area contributed by atoms with E-state index in [9.17, 15) is 13.5 Å². The third-order valence-electron chi connectivity index (χ3n) is 3.49. The molecule has 2 rings (SSSR count). The summed E-state index contributed by atoms with van der Waals surface area (Å²) >= 11 is 0. The molecule has 0 atom stereocenters. The van der Waals surface area contributed by atoms with Crippen molar-refractivity contribution in [3.63, 3.8) is 0 Å².